The first kappa shape index (κ1) is 23.8. The Morgan fingerprint density at radius 3 is 2.72 bits per heavy atom. The molecule has 8 heteroatoms. The summed E-state index contributed by atoms with van der Waals surface area (Å²) in [5.74, 6) is -0.219. The number of aromatic nitrogens is 4. The summed E-state index contributed by atoms with van der Waals surface area (Å²) in [6.45, 7) is 6.55. The molecule has 0 saturated carbocycles. The summed E-state index contributed by atoms with van der Waals surface area (Å²) >= 11 is 0. The van der Waals surface area contributed by atoms with Crippen molar-refractivity contribution in [3.05, 3.63) is 89.9 Å². The molecule has 0 bridgehead atoms. The van der Waals surface area contributed by atoms with Gasteiger partial charge in [0.25, 0.3) is 5.91 Å². The molecular weight excluding hydrogens is 450 g/mol. The van der Waals surface area contributed by atoms with E-state index >= 15 is 0 Å². The van der Waals surface area contributed by atoms with Crippen LogP contribution in [0.1, 0.15) is 40.3 Å². The second-order valence-electron chi connectivity index (χ2n) is 9.49. The van der Waals surface area contributed by atoms with Gasteiger partial charge in [0.15, 0.2) is 0 Å². The number of anilines is 1. The van der Waals surface area contributed by atoms with Crippen molar-refractivity contribution in [1.82, 2.24) is 24.4 Å². The molecule has 0 aliphatic carbocycles. The molecule has 184 valence electrons. The molecule has 1 saturated heterocycles. The van der Waals surface area contributed by atoms with Gasteiger partial charge in [0.1, 0.15) is 0 Å². The van der Waals surface area contributed by atoms with Crippen LogP contribution in [0.2, 0.25) is 0 Å². The minimum absolute atomic E-state index is 0.131. The Morgan fingerprint density at radius 1 is 1.14 bits per heavy atom. The van der Waals surface area contributed by atoms with Gasteiger partial charge in [-0.1, -0.05) is 30.3 Å². The highest BCUT2D eigenvalue weighted by Gasteiger charge is 2.18. The number of piperidine rings is 1. The lowest BCUT2D eigenvalue weighted by Crippen LogP contribution is -2.42. The van der Waals surface area contributed by atoms with E-state index in [0.717, 1.165) is 66.2 Å². The molecule has 5 rings (SSSR count). The molecule has 0 spiro atoms. The summed E-state index contributed by atoms with van der Waals surface area (Å²) in [7, 11) is 0. The molecule has 0 unspecified atom stereocenters. The minimum atomic E-state index is -0.350. The topological polar surface area (TPSA) is 102 Å². The predicted molar refractivity (Wildman–Crippen MR) is 141 cm³/mol. The van der Waals surface area contributed by atoms with E-state index < -0.39 is 0 Å². The Labute approximate surface area is 211 Å². The van der Waals surface area contributed by atoms with Crippen molar-refractivity contribution in [3.63, 3.8) is 0 Å². The fourth-order valence-corrected chi connectivity index (χ4v) is 4.67. The maximum absolute atomic E-state index is 13.2. The zero-order chi connectivity index (χ0) is 25.1. The van der Waals surface area contributed by atoms with Crippen LogP contribution in [0.25, 0.3) is 16.9 Å². The number of hydrogen-bond acceptors (Lipinski definition) is 6. The molecular formula is C28H31N7O. The summed E-state index contributed by atoms with van der Waals surface area (Å²) < 4.78 is 1.96. The quantitative estimate of drug-likeness (QED) is 0.430. The fraction of sp³-hybridized carbons (Fsp3) is 0.286. The number of nitrogens with two attached hydrogens (primary N) is 1. The molecule has 1 fully saturated rings. The maximum atomic E-state index is 13.2. The van der Waals surface area contributed by atoms with E-state index in [4.69, 9.17) is 5.73 Å². The number of imidazole rings is 1. The van der Waals surface area contributed by atoms with Gasteiger partial charge >= 0.3 is 0 Å². The number of benzene rings is 2. The Balaban J connectivity index is 1.43. The van der Waals surface area contributed by atoms with E-state index in [1.54, 1.807) is 12.5 Å². The van der Waals surface area contributed by atoms with Gasteiger partial charge in [0, 0.05) is 48.5 Å². The Hall–Kier alpha value is -3.88. The fourth-order valence-electron chi connectivity index (χ4n) is 4.67. The highest BCUT2D eigenvalue weighted by atomic mass is 16.2. The van der Waals surface area contributed by atoms with Gasteiger partial charge in [0.05, 0.1) is 17.7 Å². The molecule has 1 amide bonds. The standard InChI is InChI=1S/C28H31N7O/c1-19-14-30-27(33-26(19)22-7-4-3-5-8-22)28(36)32-24-11-21(16-34-10-6-9-23(29)17-34)12-25(13-24)35-15-20(2)31-18-35/h3-5,7-8,11-15,18,23H,6,9-10,16-17,29H2,1-2H3,(H,32,36)/t23-/m0/s1. The molecule has 8 nitrogen and oxygen atoms in total. The van der Waals surface area contributed by atoms with Crippen molar-refractivity contribution in [2.45, 2.75) is 39.3 Å². The molecule has 2 aromatic heterocycles. The van der Waals surface area contributed by atoms with E-state index in [1.165, 1.54) is 0 Å². The maximum Gasteiger partial charge on any atom is 0.293 e. The second-order valence-corrected chi connectivity index (χ2v) is 9.49. The summed E-state index contributed by atoms with van der Waals surface area (Å²) in [6.07, 6.45) is 7.61. The van der Waals surface area contributed by atoms with Gasteiger partial charge in [-0.3, -0.25) is 9.69 Å². The first-order valence-corrected chi connectivity index (χ1v) is 12.3. The van der Waals surface area contributed by atoms with E-state index in [1.807, 2.05) is 67.1 Å². The number of nitrogens with zero attached hydrogens (tertiary/aromatic N) is 5. The van der Waals surface area contributed by atoms with Crippen LogP contribution in [0.4, 0.5) is 5.69 Å². The molecule has 3 heterocycles. The van der Waals surface area contributed by atoms with Crippen LogP contribution < -0.4 is 11.1 Å². The van der Waals surface area contributed by atoms with Gasteiger partial charge in [-0.25, -0.2) is 15.0 Å². The van der Waals surface area contributed by atoms with Gasteiger partial charge in [0.2, 0.25) is 5.82 Å². The van der Waals surface area contributed by atoms with Crippen LogP contribution >= 0.6 is 0 Å². The normalized spacial score (nSPS) is 16.1. The molecule has 2 aromatic carbocycles. The van der Waals surface area contributed by atoms with E-state index in [-0.39, 0.29) is 17.8 Å². The highest BCUT2D eigenvalue weighted by Crippen LogP contribution is 2.23. The summed E-state index contributed by atoms with van der Waals surface area (Å²) in [4.78, 5) is 28.8. The molecule has 0 radical (unpaired) electrons. The average Bonchev–Trinajstić information content (AvgIpc) is 3.31. The number of likely N-dealkylation sites (tertiary alicyclic amines) is 1. The van der Waals surface area contributed by atoms with E-state index in [2.05, 4.69) is 31.2 Å². The van der Waals surface area contributed by atoms with Gasteiger partial charge in [-0.05, 0) is 62.6 Å². The van der Waals surface area contributed by atoms with Crippen molar-refractivity contribution in [1.29, 1.82) is 0 Å². The third-order valence-corrected chi connectivity index (χ3v) is 6.42. The molecule has 4 aromatic rings. The zero-order valence-corrected chi connectivity index (χ0v) is 20.7. The van der Waals surface area contributed by atoms with E-state index in [0.29, 0.717) is 5.69 Å². The van der Waals surface area contributed by atoms with Crippen LogP contribution in [-0.4, -0.2) is 49.5 Å². The van der Waals surface area contributed by atoms with Crippen molar-refractivity contribution < 1.29 is 4.79 Å². The molecule has 1 atom stereocenters. The third-order valence-electron chi connectivity index (χ3n) is 6.42. The van der Waals surface area contributed by atoms with Gasteiger partial charge in [-0.2, -0.15) is 0 Å². The van der Waals surface area contributed by atoms with Crippen LogP contribution in [0.3, 0.4) is 0 Å². The molecule has 1 aliphatic rings. The Kier molecular flexibility index (Phi) is 6.88. The van der Waals surface area contributed by atoms with Crippen LogP contribution in [0, 0.1) is 13.8 Å². The monoisotopic (exact) mass is 481 g/mol. The van der Waals surface area contributed by atoms with Crippen molar-refractivity contribution in [2.75, 3.05) is 18.4 Å². The Bertz CT molecular complexity index is 1370. The molecule has 3 N–H and O–H groups in total. The lowest BCUT2D eigenvalue weighted by molar-refractivity contribution is 0.101. The SMILES string of the molecule is Cc1cn(-c2cc(CN3CCC[C@H](N)C3)cc(NC(=O)c3ncc(C)c(-c4ccccc4)n3)c2)cn1. The number of rotatable bonds is 6. The number of carbonyl (C=O) groups excluding carboxylic acids is 1. The van der Waals surface area contributed by atoms with E-state index in [9.17, 15) is 4.79 Å². The lowest BCUT2D eigenvalue weighted by atomic mass is 10.1. The Morgan fingerprint density at radius 2 is 1.97 bits per heavy atom. The molecule has 36 heavy (non-hydrogen) atoms. The van der Waals surface area contributed by atoms with Crippen LogP contribution in [0.15, 0.2) is 67.3 Å². The first-order valence-electron chi connectivity index (χ1n) is 12.3. The second kappa shape index (κ2) is 10.4. The summed E-state index contributed by atoms with van der Waals surface area (Å²) in [5, 5.41) is 3.02. The van der Waals surface area contributed by atoms with Crippen molar-refractivity contribution in [3.8, 4) is 16.9 Å². The van der Waals surface area contributed by atoms with Crippen molar-refractivity contribution >= 4 is 11.6 Å². The highest BCUT2D eigenvalue weighted by molar-refractivity contribution is 6.02. The number of carbonyl (C=O) groups is 1. The zero-order valence-electron chi connectivity index (χ0n) is 20.7. The predicted octanol–water partition coefficient (Wildman–Crippen LogP) is 4.12. The minimum Gasteiger partial charge on any atom is -0.327 e. The van der Waals surface area contributed by atoms with Crippen molar-refractivity contribution in [2.24, 2.45) is 5.73 Å². The molecule has 1 aliphatic heterocycles. The number of nitrogens with one attached hydrogen (secondary N) is 1. The smallest absolute Gasteiger partial charge is 0.293 e. The van der Waals surface area contributed by atoms with Crippen LogP contribution in [-0.2, 0) is 6.54 Å². The first-order chi connectivity index (χ1) is 17.4. The van der Waals surface area contributed by atoms with Crippen LogP contribution in [0.5, 0.6) is 0 Å². The number of amides is 1. The summed E-state index contributed by atoms with van der Waals surface area (Å²) in [6, 6.07) is 16.1. The van der Waals surface area contributed by atoms with Gasteiger partial charge < -0.3 is 15.6 Å². The van der Waals surface area contributed by atoms with Gasteiger partial charge in [-0.15, -0.1) is 0 Å². The number of hydrogen-bond donors (Lipinski definition) is 2. The lowest BCUT2D eigenvalue weighted by Gasteiger charge is -2.30. The largest absolute Gasteiger partial charge is 0.327 e. The number of aryl methyl sites for hydroxylation is 2. The summed E-state index contributed by atoms with van der Waals surface area (Å²) in [5.41, 5.74) is 12.5. The third kappa shape index (κ3) is 5.50. The average molecular weight is 482 g/mol.